The van der Waals surface area contributed by atoms with Gasteiger partial charge in [0.25, 0.3) is 0 Å². The molecule has 0 radical (unpaired) electrons. The van der Waals surface area contributed by atoms with Gasteiger partial charge in [-0.25, -0.2) is 4.79 Å². The standard InChI is InChI=1S/C18H36O4Si/c1-10-11-14(12-13-19)15(16(20)21-17(2,3)4)22-23(8,9)18(5,6)7/h13-15H,10-12H2,1-9H3/t14-,15?/m0/s1. The van der Waals surface area contributed by atoms with Gasteiger partial charge in [-0.3, -0.25) is 0 Å². The van der Waals surface area contributed by atoms with Gasteiger partial charge in [0.2, 0.25) is 0 Å². The highest BCUT2D eigenvalue weighted by molar-refractivity contribution is 6.74. The van der Waals surface area contributed by atoms with E-state index in [0.717, 1.165) is 19.1 Å². The number of carbonyl (C=O) groups excluding carboxylic acids is 2. The van der Waals surface area contributed by atoms with Crippen molar-refractivity contribution in [1.82, 2.24) is 0 Å². The zero-order valence-electron chi connectivity index (χ0n) is 16.5. The number of carbonyl (C=O) groups is 2. The molecule has 0 aromatic rings. The fourth-order valence-corrected chi connectivity index (χ4v) is 3.36. The van der Waals surface area contributed by atoms with Crippen LogP contribution in [0.4, 0.5) is 0 Å². The smallest absolute Gasteiger partial charge is 0.334 e. The van der Waals surface area contributed by atoms with Gasteiger partial charge in [0.1, 0.15) is 18.0 Å². The number of hydrogen-bond donors (Lipinski definition) is 0. The third-order valence-corrected chi connectivity index (χ3v) is 8.81. The molecule has 4 nitrogen and oxygen atoms in total. The van der Waals surface area contributed by atoms with E-state index in [4.69, 9.17) is 9.16 Å². The molecule has 0 bridgehead atoms. The molecule has 136 valence electrons. The van der Waals surface area contributed by atoms with E-state index in [1.165, 1.54) is 0 Å². The highest BCUT2D eigenvalue weighted by atomic mass is 28.4. The van der Waals surface area contributed by atoms with E-state index in [0.29, 0.717) is 6.42 Å². The van der Waals surface area contributed by atoms with E-state index in [1.54, 1.807) is 0 Å². The molecule has 0 fully saturated rings. The zero-order valence-corrected chi connectivity index (χ0v) is 17.5. The molecule has 0 aromatic heterocycles. The van der Waals surface area contributed by atoms with Gasteiger partial charge in [-0.1, -0.05) is 34.1 Å². The molecule has 5 heteroatoms. The highest BCUT2D eigenvalue weighted by Crippen LogP contribution is 2.39. The van der Waals surface area contributed by atoms with Gasteiger partial charge in [-0.15, -0.1) is 0 Å². The first kappa shape index (κ1) is 22.3. The van der Waals surface area contributed by atoms with Crippen LogP contribution in [0.15, 0.2) is 0 Å². The van der Waals surface area contributed by atoms with Crippen LogP contribution in [0.1, 0.15) is 67.7 Å². The first-order chi connectivity index (χ1) is 10.2. The van der Waals surface area contributed by atoms with Crippen LogP contribution in [0.25, 0.3) is 0 Å². The molecular weight excluding hydrogens is 308 g/mol. The predicted molar refractivity (Wildman–Crippen MR) is 97.0 cm³/mol. The van der Waals surface area contributed by atoms with Gasteiger partial charge >= 0.3 is 5.97 Å². The molecule has 0 spiro atoms. The summed E-state index contributed by atoms with van der Waals surface area (Å²) in [4.78, 5) is 23.8. The van der Waals surface area contributed by atoms with Gasteiger partial charge in [-0.05, 0) is 45.3 Å². The molecule has 0 aliphatic carbocycles. The van der Waals surface area contributed by atoms with Crippen LogP contribution in [0.2, 0.25) is 18.1 Å². The molecule has 0 aromatic carbocycles. The summed E-state index contributed by atoms with van der Waals surface area (Å²) in [7, 11) is -2.14. The lowest BCUT2D eigenvalue weighted by Gasteiger charge is -2.41. The fraction of sp³-hybridized carbons (Fsp3) is 0.889. The van der Waals surface area contributed by atoms with Crippen LogP contribution in [-0.2, 0) is 18.8 Å². The monoisotopic (exact) mass is 344 g/mol. The van der Waals surface area contributed by atoms with Crippen molar-refractivity contribution in [2.75, 3.05) is 0 Å². The quantitative estimate of drug-likeness (QED) is 0.363. The van der Waals surface area contributed by atoms with Crippen LogP contribution in [0.3, 0.4) is 0 Å². The Kier molecular flexibility index (Phi) is 8.17. The molecule has 0 heterocycles. The molecule has 0 saturated carbocycles. The maximum Gasteiger partial charge on any atom is 0.334 e. The average molecular weight is 345 g/mol. The Morgan fingerprint density at radius 2 is 1.65 bits per heavy atom. The van der Waals surface area contributed by atoms with Crippen LogP contribution < -0.4 is 0 Å². The summed E-state index contributed by atoms with van der Waals surface area (Å²) in [5.41, 5.74) is -0.565. The highest BCUT2D eigenvalue weighted by Gasteiger charge is 2.43. The maximum absolute atomic E-state index is 12.7. The van der Waals surface area contributed by atoms with Crippen LogP contribution >= 0.6 is 0 Å². The van der Waals surface area contributed by atoms with E-state index in [9.17, 15) is 9.59 Å². The Morgan fingerprint density at radius 3 is 2.00 bits per heavy atom. The minimum Gasteiger partial charge on any atom is -0.458 e. The van der Waals surface area contributed by atoms with E-state index in [-0.39, 0.29) is 16.9 Å². The molecule has 0 saturated heterocycles. The Labute approximate surface area is 143 Å². The molecule has 0 rings (SSSR count). The number of esters is 1. The summed E-state index contributed by atoms with van der Waals surface area (Å²) in [6, 6.07) is 0. The van der Waals surface area contributed by atoms with Crippen molar-refractivity contribution >= 4 is 20.6 Å². The topological polar surface area (TPSA) is 52.6 Å². The van der Waals surface area contributed by atoms with Crippen molar-refractivity contribution < 1.29 is 18.8 Å². The second-order valence-corrected chi connectivity index (χ2v) is 13.5. The molecule has 0 amide bonds. The number of ether oxygens (including phenoxy) is 1. The van der Waals surface area contributed by atoms with Crippen LogP contribution in [-0.4, -0.2) is 32.3 Å². The van der Waals surface area contributed by atoms with Gasteiger partial charge in [0.05, 0.1) is 0 Å². The summed E-state index contributed by atoms with van der Waals surface area (Å²) >= 11 is 0. The molecule has 23 heavy (non-hydrogen) atoms. The summed E-state index contributed by atoms with van der Waals surface area (Å²) in [6.45, 7) is 18.3. The third kappa shape index (κ3) is 7.62. The summed E-state index contributed by atoms with van der Waals surface area (Å²) < 4.78 is 12.0. The number of hydrogen-bond acceptors (Lipinski definition) is 4. The van der Waals surface area contributed by atoms with Crippen molar-refractivity contribution in [2.24, 2.45) is 5.92 Å². The molecule has 0 N–H and O–H groups in total. The van der Waals surface area contributed by atoms with E-state index >= 15 is 0 Å². The Morgan fingerprint density at radius 1 is 1.13 bits per heavy atom. The van der Waals surface area contributed by atoms with E-state index in [2.05, 4.69) is 40.8 Å². The summed E-state index contributed by atoms with van der Waals surface area (Å²) in [5.74, 6) is -0.468. The largest absolute Gasteiger partial charge is 0.458 e. The number of rotatable bonds is 8. The molecule has 2 atom stereocenters. The fourth-order valence-electron chi connectivity index (χ4n) is 2.08. The van der Waals surface area contributed by atoms with Crippen molar-refractivity contribution in [1.29, 1.82) is 0 Å². The maximum atomic E-state index is 12.7. The lowest BCUT2D eigenvalue weighted by molar-refractivity contribution is -0.167. The molecule has 1 unspecified atom stereocenters. The lowest BCUT2D eigenvalue weighted by Crippen LogP contribution is -2.50. The van der Waals surface area contributed by atoms with Gasteiger partial charge in [0, 0.05) is 12.3 Å². The van der Waals surface area contributed by atoms with Crippen LogP contribution in [0.5, 0.6) is 0 Å². The first-order valence-electron chi connectivity index (χ1n) is 8.59. The second-order valence-electron chi connectivity index (χ2n) is 8.78. The van der Waals surface area contributed by atoms with Gasteiger partial charge < -0.3 is 14.0 Å². The molecule has 0 aliphatic heterocycles. The van der Waals surface area contributed by atoms with E-state index < -0.39 is 20.0 Å². The van der Waals surface area contributed by atoms with Crippen molar-refractivity contribution in [3.63, 3.8) is 0 Å². The molecular formula is C18H36O4Si. The minimum atomic E-state index is -2.14. The summed E-state index contributed by atoms with van der Waals surface area (Å²) in [5, 5.41) is -0.00872. The predicted octanol–water partition coefficient (Wildman–Crippen LogP) is 4.72. The van der Waals surface area contributed by atoms with Gasteiger partial charge in [0.15, 0.2) is 8.32 Å². The number of aldehydes is 1. The van der Waals surface area contributed by atoms with Crippen molar-refractivity contribution in [2.45, 2.75) is 97.6 Å². The zero-order chi connectivity index (χ0) is 18.5. The van der Waals surface area contributed by atoms with Crippen molar-refractivity contribution in [3.8, 4) is 0 Å². The van der Waals surface area contributed by atoms with E-state index in [1.807, 2.05) is 20.8 Å². The average Bonchev–Trinajstić information content (AvgIpc) is 2.32. The second kappa shape index (κ2) is 8.43. The van der Waals surface area contributed by atoms with Gasteiger partial charge in [-0.2, -0.15) is 0 Å². The third-order valence-electron chi connectivity index (χ3n) is 4.35. The normalized spacial score (nSPS) is 15.9. The Hall–Kier alpha value is -0.683. The van der Waals surface area contributed by atoms with Crippen LogP contribution in [0, 0.1) is 5.92 Å². The minimum absolute atomic E-state index is 0.00872. The first-order valence-corrected chi connectivity index (χ1v) is 11.5. The Bertz CT molecular complexity index is 391. The molecule has 0 aliphatic rings. The SMILES string of the molecule is CCC[C@@H](CC=O)C(O[Si](C)(C)C(C)(C)C)C(=O)OC(C)(C)C. The van der Waals surface area contributed by atoms with Crippen molar-refractivity contribution in [3.05, 3.63) is 0 Å². The Balaban J connectivity index is 5.51. The lowest BCUT2D eigenvalue weighted by atomic mass is 9.94. The summed E-state index contributed by atoms with van der Waals surface area (Å²) in [6.07, 6.45) is 2.22.